The predicted molar refractivity (Wildman–Crippen MR) is 43.9 cm³/mol. The monoisotopic (exact) mass is 186 g/mol. The molecule has 0 radical (unpaired) electrons. The van der Waals surface area contributed by atoms with Gasteiger partial charge in [-0.15, -0.1) is 5.10 Å². The van der Waals surface area contributed by atoms with Crippen LogP contribution in [0.25, 0.3) is 0 Å². The van der Waals surface area contributed by atoms with Crippen LogP contribution in [0.2, 0.25) is 0 Å². The van der Waals surface area contributed by atoms with Gasteiger partial charge in [-0.3, -0.25) is 0 Å². The molecule has 5 nitrogen and oxygen atoms in total. The molecule has 6 heteroatoms. The fraction of sp³-hybridized carbons (Fsp3) is 0.833. The Morgan fingerprint density at radius 1 is 1.58 bits per heavy atom. The zero-order valence-electron chi connectivity index (χ0n) is 6.55. The molecule has 0 aliphatic heterocycles. The lowest BCUT2D eigenvalue weighted by atomic mass is 10.7. The Bertz CT molecular complexity index is 260. The van der Waals surface area contributed by atoms with Crippen LogP contribution in [0.4, 0.5) is 0 Å². The van der Waals surface area contributed by atoms with Crippen molar-refractivity contribution in [2.45, 2.75) is 24.0 Å². The highest BCUT2D eigenvalue weighted by molar-refractivity contribution is 7.99. The Hall–Kier alpha value is -0.620. The zero-order valence-corrected chi connectivity index (χ0v) is 7.37. The minimum atomic E-state index is 0.169. The van der Waals surface area contributed by atoms with Crippen molar-refractivity contribution < 1.29 is 5.11 Å². The van der Waals surface area contributed by atoms with Gasteiger partial charge in [-0.25, -0.2) is 4.68 Å². The molecular formula is C6H10N4OS. The van der Waals surface area contributed by atoms with E-state index in [4.69, 9.17) is 5.11 Å². The average molecular weight is 186 g/mol. The standard InChI is InChI=1S/C6H10N4OS/c11-3-4-12-6-7-8-9-10(6)5-1-2-5/h5,11H,1-4H2. The normalized spacial score (nSPS) is 16.8. The number of thioether (sulfide) groups is 1. The SMILES string of the molecule is OCCSc1nnnn1C1CC1. The molecule has 0 bridgehead atoms. The highest BCUT2D eigenvalue weighted by Gasteiger charge is 2.27. The van der Waals surface area contributed by atoms with Crippen molar-refractivity contribution in [2.75, 3.05) is 12.4 Å². The molecular weight excluding hydrogens is 176 g/mol. The molecule has 1 heterocycles. The summed E-state index contributed by atoms with van der Waals surface area (Å²) in [6.07, 6.45) is 2.36. The largest absolute Gasteiger partial charge is 0.396 e. The molecule has 0 unspecified atom stereocenters. The number of rotatable bonds is 4. The summed E-state index contributed by atoms with van der Waals surface area (Å²) in [6.45, 7) is 0.169. The van der Waals surface area contributed by atoms with E-state index in [9.17, 15) is 0 Å². The Balaban J connectivity index is 2.03. The molecule has 1 N–H and O–H groups in total. The molecule has 1 saturated carbocycles. The van der Waals surface area contributed by atoms with Crippen molar-refractivity contribution in [3.8, 4) is 0 Å². The lowest BCUT2D eigenvalue weighted by Gasteiger charge is -1.99. The van der Waals surface area contributed by atoms with Crippen molar-refractivity contribution in [2.24, 2.45) is 0 Å². The van der Waals surface area contributed by atoms with Crippen LogP contribution >= 0.6 is 11.8 Å². The van der Waals surface area contributed by atoms with E-state index in [0.717, 1.165) is 5.16 Å². The Labute approximate surface area is 74.2 Å². The van der Waals surface area contributed by atoms with E-state index in [-0.39, 0.29) is 6.61 Å². The van der Waals surface area contributed by atoms with Gasteiger partial charge in [0.05, 0.1) is 12.6 Å². The molecule has 0 aromatic carbocycles. The van der Waals surface area contributed by atoms with Crippen LogP contribution in [0.15, 0.2) is 5.16 Å². The van der Waals surface area contributed by atoms with E-state index in [1.165, 1.54) is 24.6 Å². The zero-order chi connectivity index (χ0) is 8.39. The Morgan fingerprint density at radius 2 is 2.42 bits per heavy atom. The lowest BCUT2D eigenvalue weighted by molar-refractivity contribution is 0.322. The summed E-state index contributed by atoms with van der Waals surface area (Å²) < 4.78 is 1.85. The van der Waals surface area contributed by atoms with Gasteiger partial charge in [0.25, 0.3) is 0 Å². The fourth-order valence-electron chi connectivity index (χ4n) is 0.966. The van der Waals surface area contributed by atoms with E-state index in [1.807, 2.05) is 4.68 Å². The van der Waals surface area contributed by atoms with Gasteiger partial charge in [0, 0.05) is 5.75 Å². The molecule has 2 rings (SSSR count). The maximum atomic E-state index is 8.61. The van der Waals surface area contributed by atoms with E-state index in [0.29, 0.717) is 11.8 Å². The molecule has 0 saturated heterocycles. The second-order valence-electron chi connectivity index (χ2n) is 2.71. The van der Waals surface area contributed by atoms with Gasteiger partial charge in [-0.05, 0) is 23.3 Å². The summed E-state index contributed by atoms with van der Waals surface area (Å²) >= 11 is 1.50. The molecule has 1 fully saturated rings. The van der Waals surface area contributed by atoms with Gasteiger partial charge in [0.2, 0.25) is 5.16 Å². The predicted octanol–water partition coefficient (Wildman–Crippen LogP) is 0.0924. The first-order valence-corrected chi connectivity index (χ1v) is 4.92. The summed E-state index contributed by atoms with van der Waals surface area (Å²) in [6, 6.07) is 0.515. The molecule has 0 amide bonds. The van der Waals surface area contributed by atoms with Crippen LogP contribution in [-0.2, 0) is 0 Å². The average Bonchev–Trinajstić information content (AvgIpc) is 2.83. The van der Waals surface area contributed by atoms with Gasteiger partial charge in [0.15, 0.2) is 0 Å². The van der Waals surface area contributed by atoms with Gasteiger partial charge < -0.3 is 5.11 Å². The van der Waals surface area contributed by atoms with Crippen molar-refractivity contribution in [3.63, 3.8) is 0 Å². The minimum absolute atomic E-state index is 0.169. The topological polar surface area (TPSA) is 63.8 Å². The molecule has 1 aromatic rings. The summed E-state index contributed by atoms with van der Waals surface area (Å²) in [4.78, 5) is 0. The second kappa shape index (κ2) is 3.40. The van der Waals surface area contributed by atoms with Crippen molar-refractivity contribution in [3.05, 3.63) is 0 Å². The van der Waals surface area contributed by atoms with Crippen LogP contribution in [0.3, 0.4) is 0 Å². The lowest BCUT2D eigenvalue weighted by Crippen LogP contribution is -1.99. The van der Waals surface area contributed by atoms with Crippen LogP contribution in [0, 0.1) is 0 Å². The van der Waals surface area contributed by atoms with Gasteiger partial charge in [0.1, 0.15) is 0 Å². The maximum absolute atomic E-state index is 8.61. The van der Waals surface area contributed by atoms with Gasteiger partial charge >= 0.3 is 0 Å². The number of nitrogens with zero attached hydrogens (tertiary/aromatic N) is 4. The number of hydrogen-bond donors (Lipinski definition) is 1. The first-order chi connectivity index (χ1) is 5.92. The van der Waals surface area contributed by atoms with Crippen LogP contribution in [0.1, 0.15) is 18.9 Å². The van der Waals surface area contributed by atoms with Crippen molar-refractivity contribution in [1.82, 2.24) is 20.2 Å². The minimum Gasteiger partial charge on any atom is -0.396 e. The summed E-state index contributed by atoms with van der Waals surface area (Å²) in [5, 5.41) is 20.8. The molecule has 0 atom stereocenters. The van der Waals surface area contributed by atoms with E-state index < -0.39 is 0 Å². The third kappa shape index (κ3) is 1.59. The summed E-state index contributed by atoms with van der Waals surface area (Å²) in [7, 11) is 0. The molecule has 1 aliphatic carbocycles. The third-order valence-corrected chi connectivity index (χ3v) is 2.59. The Kier molecular flexibility index (Phi) is 2.27. The maximum Gasteiger partial charge on any atom is 0.209 e. The number of aromatic nitrogens is 4. The van der Waals surface area contributed by atoms with Crippen molar-refractivity contribution >= 4 is 11.8 Å². The quantitative estimate of drug-likeness (QED) is 0.675. The number of hydrogen-bond acceptors (Lipinski definition) is 5. The molecule has 12 heavy (non-hydrogen) atoms. The molecule has 1 aromatic heterocycles. The van der Waals surface area contributed by atoms with E-state index in [2.05, 4.69) is 15.5 Å². The fourth-order valence-corrected chi connectivity index (χ4v) is 1.65. The molecule has 1 aliphatic rings. The summed E-state index contributed by atoms with van der Waals surface area (Å²) in [5.41, 5.74) is 0. The molecule has 66 valence electrons. The third-order valence-electron chi connectivity index (χ3n) is 1.68. The smallest absolute Gasteiger partial charge is 0.209 e. The van der Waals surface area contributed by atoms with Crippen molar-refractivity contribution in [1.29, 1.82) is 0 Å². The van der Waals surface area contributed by atoms with Gasteiger partial charge in [-0.2, -0.15) is 0 Å². The highest BCUT2D eigenvalue weighted by atomic mass is 32.2. The first kappa shape index (κ1) is 8.00. The van der Waals surface area contributed by atoms with Crippen LogP contribution in [0.5, 0.6) is 0 Å². The van der Waals surface area contributed by atoms with Crippen LogP contribution < -0.4 is 0 Å². The van der Waals surface area contributed by atoms with Crippen LogP contribution in [-0.4, -0.2) is 37.7 Å². The highest BCUT2D eigenvalue weighted by Crippen LogP contribution is 2.36. The Morgan fingerprint density at radius 3 is 3.08 bits per heavy atom. The van der Waals surface area contributed by atoms with E-state index >= 15 is 0 Å². The number of aliphatic hydroxyl groups excluding tert-OH is 1. The number of tetrazole rings is 1. The first-order valence-electron chi connectivity index (χ1n) is 3.93. The number of aliphatic hydroxyl groups is 1. The second-order valence-corrected chi connectivity index (χ2v) is 3.77. The summed E-state index contributed by atoms with van der Waals surface area (Å²) in [5.74, 6) is 0.660. The van der Waals surface area contributed by atoms with Gasteiger partial charge in [-0.1, -0.05) is 11.8 Å². The molecule has 0 spiro atoms. The van der Waals surface area contributed by atoms with E-state index in [1.54, 1.807) is 0 Å².